The van der Waals surface area contributed by atoms with Crippen molar-refractivity contribution < 1.29 is 17.6 Å². The zero-order valence-electron chi connectivity index (χ0n) is 9.93. The molecule has 1 heterocycles. The van der Waals surface area contributed by atoms with Gasteiger partial charge in [0.25, 0.3) is 0 Å². The van der Waals surface area contributed by atoms with Crippen LogP contribution < -0.4 is 5.32 Å². The van der Waals surface area contributed by atoms with Crippen LogP contribution in [0.2, 0.25) is 0 Å². The Labute approximate surface area is 102 Å². The predicted octanol–water partition coefficient (Wildman–Crippen LogP) is 3.31. The van der Waals surface area contributed by atoms with Gasteiger partial charge in [0.2, 0.25) is 0 Å². The average molecular weight is 255 g/mol. The van der Waals surface area contributed by atoms with Gasteiger partial charge in [-0.15, -0.1) is 0 Å². The Bertz CT molecular complexity index is 565. The van der Waals surface area contributed by atoms with Crippen molar-refractivity contribution in [3.63, 3.8) is 0 Å². The second-order valence-corrected chi connectivity index (χ2v) is 3.95. The Hall–Kier alpha value is -1.75. The van der Waals surface area contributed by atoms with Gasteiger partial charge in [-0.1, -0.05) is 6.07 Å². The van der Waals surface area contributed by atoms with Crippen molar-refractivity contribution in [1.29, 1.82) is 0 Å². The second kappa shape index (κ2) is 4.86. The van der Waals surface area contributed by atoms with E-state index in [0.29, 0.717) is 5.76 Å². The van der Waals surface area contributed by atoms with E-state index in [1.165, 1.54) is 12.3 Å². The minimum absolute atomic E-state index is 0.00875. The molecule has 2 aromatic rings. The summed E-state index contributed by atoms with van der Waals surface area (Å²) in [4.78, 5) is 0. The highest BCUT2D eigenvalue weighted by molar-refractivity contribution is 5.32. The molecule has 18 heavy (non-hydrogen) atoms. The fraction of sp³-hybridized carbons (Fsp3) is 0.231. The molecule has 0 aliphatic rings. The molecule has 0 fully saturated rings. The van der Waals surface area contributed by atoms with Crippen molar-refractivity contribution in [2.24, 2.45) is 0 Å². The molecule has 0 aliphatic heterocycles. The van der Waals surface area contributed by atoms with Gasteiger partial charge in [-0.25, -0.2) is 13.2 Å². The first-order valence-corrected chi connectivity index (χ1v) is 5.41. The summed E-state index contributed by atoms with van der Waals surface area (Å²) >= 11 is 0. The Morgan fingerprint density at radius 3 is 2.39 bits per heavy atom. The first-order chi connectivity index (χ1) is 8.56. The third-order valence-corrected chi connectivity index (χ3v) is 2.83. The molecule has 2 rings (SSSR count). The third-order valence-electron chi connectivity index (χ3n) is 2.83. The van der Waals surface area contributed by atoms with Crippen molar-refractivity contribution in [1.82, 2.24) is 5.32 Å². The monoisotopic (exact) mass is 255 g/mol. The Morgan fingerprint density at radius 1 is 1.11 bits per heavy atom. The Kier molecular flexibility index (Phi) is 3.43. The normalized spacial score (nSPS) is 12.7. The van der Waals surface area contributed by atoms with E-state index in [9.17, 15) is 13.2 Å². The lowest BCUT2D eigenvalue weighted by atomic mass is 10.0. The molecule has 2 nitrogen and oxygen atoms in total. The maximum Gasteiger partial charge on any atom is 0.194 e. The summed E-state index contributed by atoms with van der Waals surface area (Å²) in [6.07, 6.45) is 1.47. The van der Waals surface area contributed by atoms with Crippen molar-refractivity contribution >= 4 is 0 Å². The van der Waals surface area contributed by atoms with Crippen LogP contribution in [0, 0.1) is 24.4 Å². The van der Waals surface area contributed by atoms with Gasteiger partial charge in [-0.05, 0) is 31.7 Å². The fourth-order valence-corrected chi connectivity index (χ4v) is 1.87. The van der Waals surface area contributed by atoms with E-state index in [4.69, 9.17) is 4.42 Å². The highest BCUT2D eigenvalue weighted by atomic mass is 19.2. The Morgan fingerprint density at radius 2 is 1.83 bits per heavy atom. The molecule has 0 aliphatic carbocycles. The summed E-state index contributed by atoms with van der Waals surface area (Å²) in [5, 5.41) is 2.83. The second-order valence-electron chi connectivity index (χ2n) is 3.95. The first kappa shape index (κ1) is 12.7. The van der Waals surface area contributed by atoms with Crippen LogP contribution >= 0.6 is 0 Å². The summed E-state index contributed by atoms with van der Waals surface area (Å²) in [7, 11) is 1.59. The maximum absolute atomic E-state index is 13.7. The molecule has 0 saturated heterocycles. The number of nitrogens with one attached hydrogen (secondary N) is 1. The summed E-state index contributed by atoms with van der Waals surface area (Å²) < 4.78 is 45.1. The van der Waals surface area contributed by atoms with Gasteiger partial charge >= 0.3 is 0 Å². The SMILES string of the molecule is CNC(c1ccc(F)c(F)c1F)c1occc1C. The summed E-state index contributed by atoms with van der Waals surface area (Å²) in [5.74, 6) is -3.41. The summed E-state index contributed by atoms with van der Waals surface area (Å²) in [6, 6.07) is 3.17. The highest BCUT2D eigenvalue weighted by Crippen LogP contribution is 2.28. The molecule has 0 radical (unpaired) electrons. The van der Waals surface area contributed by atoms with Crippen molar-refractivity contribution in [3.8, 4) is 0 Å². The van der Waals surface area contributed by atoms with Gasteiger partial charge in [0.1, 0.15) is 5.76 Å². The van der Waals surface area contributed by atoms with E-state index in [2.05, 4.69) is 5.32 Å². The summed E-state index contributed by atoms with van der Waals surface area (Å²) in [6.45, 7) is 1.79. The molecule has 1 aromatic heterocycles. The number of hydrogen-bond acceptors (Lipinski definition) is 2. The van der Waals surface area contributed by atoms with Gasteiger partial charge in [0.15, 0.2) is 17.5 Å². The maximum atomic E-state index is 13.7. The van der Waals surface area contributed by atoms with Gasteiger partial charge < -0.3 is 9.73 Å². The quantitative estimate of drug-likeness (QED) is 0.851. The number of aryl methyl sites for hydroxylation is 1. The number of rotatable bonds is 3. The predicted molar refractivity (Wildman–Crippen MR) is 60.7 cm³/mol. The lowest BCUT2D eigenvalue weighted by Crippen LogP contribution is -2.20. The van der Waals surface area contributed by atoms with E-state index in [1.54, 1.807) is 20.0 Å². The van der Waals surface area contributed by atoms with E-state index in [0.717, 1.165) is 11.6 Å². The Balaban J connectivity index is 2.53. The van der Waals surface area contributed by atoms with Crippen molar-refractivity contribution in [3.05, 3.63) is 58.8 Å². The molecule has 0 amide bonds. The standard InChI is InChI=1S/C13H12F3NO/c1-7-5-6-18-13(7)12(17-2)8-3-4-9(14)11(16)10(8)15/h3-6,12,17H,1-2H3. The van der Waals surface area contributed by atoms with Crippen LogP contribution in [0.1, 0.15) is 22.9 Å². The van der Waals surface area contributed by atoms with Crippen LogP contribution in [-0.4, -0.2) is 7.05 Å². The minimum atomic E-state index is -1.48. The molecular formula is C13H12F3NO. The smallest absolute Gasteiger partial charge is 0.194 e. The molecule has 96 valence electrons. The van der Waals surface area contributed by atoms with Crippen LogP contribution in [-0.2, 0) is 0 Å². The largest absolute Gasteiger partial charge is 0.467 e. The minimum Gasteiger partial charge on any atom is -0.467 e. The van der Waals surface area contributed by atoms with E-state index >= 15 is 0 Å². The number of hydrogen-bond donors (Lipinski definition) is 1. The number of benzene rings is 1. The lowest BCUT2D eigenvalue weighted by molar-refractivity contribution is 0.416. The van der Waals surface area contributed by atoms with Crippen LogP contribution in [0.4, 0.5) is 13.2 Å². The molecule has 0 saturated carbocycles. The zero-order valence-corrected chi connectivity index (χ0v) is 9.93. The molecule has 1 N–H and O–H groups in total. The van der Waals surface area contributed by atoms with Gasteiger partial charge in [0, 0.05) is 5.56 Å². The van der Waals surface area contributed by atoms with Gasteiger partial charge in [0.05, 0.1) is 12.3 Å². The van der Waals surface area contributed by atoms with Crippen LogP contribution in [0.25, 0.3) is 0 Å². The number of furan rings is 1. The highest BCUT2D eigenvalue weighted by Gasteiger charge is 2.24. The fourth-order valence-electron chi connectivity index (χ4n) is 1.87. The van der Waals surface area contributed by atoms with E-state index in [1.807, 2.05) is 0 Å². The van der Waals surface area contributed by atoms with Gasteiger partial charge in [-0.3, -0.25) is 0 Å². The molecule has 5 heteroatoms. The topological polar surface area (TPSA) is 25.2 Å². The number of halogens is 3. The van der Waals surface area contributed by atoms with Crippen LogP contribution in [0.5, 0.6) is 0 Å². The van der Waals surface area contributed by atoms with E-state index in [-0.39, 0.29) is 5.56 Å². The molecule has 0 spiro atoms. The molecule has 1 unspecified atom stereocenters. The molecule has 1 aromatic carbocycles. The molecule has 1 atom stereocenters. The third kappa shape index (κ3) is 2.01. The summed E-state index contributed by atoms with van der Waals surface area (Å²) in [5.41, 5.74) is 0.813. The zero-order chi connectivity index (χ0) is 13.3. The van der Waals surface area contributed by atoms with Crippen molar-refractivity contribution in [2.75, 3.05) is 7.05 Å². The van der Waals surface area contributed by atoms with Crippen LogP contribution in [0.15, 0.2) is 28.9 Å². The lowest BCUT2D eigenvalue weighted by Gasteiger charge is -2.16. The molecule has 0 bridgehead atoms. The van der Waals surface area contributed by atoms with E-state index < -0.39 is 23.5 Å². The van der Waals surface area contributed by atoms with Crippen molar-refractivity contribution in [2.45, 2.75) is 13.0 Å². The van der Waals surface area contributed by atoms with Gasteiger partial charge in [-0.2, -0.15) is 0 Å². The average Bonchev–Trinajstić information content (AvgIpc) is 2.77. The molecular weight excluding hydrogens is 243 g/mol. The van der Waals surface area contributed by atoms with Crippen LogP contribution in [0.3, 0.4) is 0 Å². The first-order valence-electron chi connectivity index (χ1n) is 5.41.